The molecule has 0 amide bonds. The normalized spacial score (nSPS) is 15.1. The molecule has 0 aliphatic carbocycles. The number of sulfonamides is 2. The Balaban J connectivity index is 1.78. The highest BCUT2D eigenvalue weighted by Gasteiger charge is 2.34. The van der Waals surface area contributed by atoms with E-state index in [0.717, 1.165) is 11.1 Å². The van der Waals surface area contributed by atoms with Crippen LogP contribution >= 0.6 is 11.3 Å². The molecule has 0 radical (unpaired) electrons. The molecule has 9 heteroatoms. The zero-order valence-corrected chi connectivity index (χ0v) is 19.5. The molecular formula is C22H22N2O4S3. The summed E-state index contributed by atoms with van der Waals surface area (Å²) in [5, 5.41) is 1.83. The van der Waals surface area contributed by atoms with Crippen LogP contribution < -0.4 is 0 Å². The van der Waals surface area contributed by atoms with Crippen LogP contribution in [0.4, 0.5) is 0 Å². The summed E-state index contributed by atoms with van der Waals surface area (Å²) in [5.41, 5.74) is 2.27. The molecule has 1 aliphatic heterocycles. The van der Waals surface area contributed by atoms with Gasteiger partial charge in [-0.05, 0) is 49.6 Å². The van der Waals surface area contributed by atoms with Gasteiger partial charge in [0.2, 0.25) is 0 Å². The fourth-order valence-electron chi connectivity index (χ4n) is 3.31. The first-order valence-corrected chi connectivity index (χ1v) is 13.4. The quantitative estimate of drug-likeness (QED) is 0.559. The molecule has 0 spiro atoms. The predicted molar refractivity (Wildman–Crippen MR) is 122 cm³/mol. The minimum Gasteiger partial charge on any atom is -0.269 e. The van der Waals surface area contributed by atoms with Gasteiger partial charge < -0.3 is 0 Å². The SMILES string of the molecule is Cc1ccc(S(=O)(=O)N2C=C(c3cccs3)N(S(=O)(=O)c3ccc(C)cc3)CC2)cc1. The average molecular weight is 475 g/mol. The lowest BCUT2D eigenvalue weighted by Crippen LogP contribution is -2.42. The number of hydrogen-bond donors (Lipinski definition) is 0. The maximum atomic E-state index is 13.4. The lowest BCUT2D eigenvalue weighted by Gasteiger charge is -2.34. The Bertz CT molecular complexity index is 1310. The maximum absolute atomic E-state index is 13.4. The van der Waals surface area contributed by atoms with Gasteiger partial charge in [0.25, 0.3) is 20.0 Å². The molecule has 0 atom stereocenters. The van der Waals surface area contributed by atoms with Gasteiger partial charge in [-0.2, -0.15) is 0 Å². The highest BCUT2D eigenvalue weighted by molar-refractivity contribution is 7.90. The first-order chi connectivity index (χ1) is 14.7. The molecule has 31 heavy (non-hydrogen) atoms. The summed E-state index contributed by atoms with van der Waals surface area (Å²) in [4.78, 5) is 1.03. The minimum atomic E-state index is -3.84. The fraction of sp³-hybridized carbons (Fsp3) is 0.182. The lowest BCUT2D eigenvalue weighted by atomic mass is 10.2. The molecule has 2 heterocycles. The van der Waals surface area contributed by atoms with Crippen LogP contribution in [-0.4, -0.2) is 38.5 Å². The van der Waals surface area contributed by atoms with E-state index >= 15 is 0 Å². The predicted octanol–water partition coefficient (Wildman–Crippen LogP) is 4.06. The van der Waals surface area contributed by atoms with E-state index in [1.807, 2.05) is 25.3 Å². The van der Waals surface area contributed by atoms with Crippen molar-refractivity contribution in [2.24, 2.45) is 0 Å². The van der Waals surface area contributed by atoms with E-state index in [0.29, 0.717) is 10.6 Å². The summed E-state index contributed by atoms with van der Waals surface area (Å²) in [5.74, 6) is 0. The first kappa shape index (κ1) is 21.6. The molecule has 2 aromatic carbocycles. The number of aryl methyl sites for hydroxylation is 2. The summed E-state index contributed by atoms with van der Waals surface area (Å²) in [6.07, 6.45) is 1.43. The summed E-state index contributed by atoms with van der Waals surface area (Å²) in [7, 11) is -7.64. The third kappa shape index (κ3) is 4.13. The molecule has 0 bridgehead atoms. The summed E-state index contributed by atoms with van der Waals surface area (Å²) >= 11 is 1.36. The second-order valence-electron chi connectivity index (χ2n) is 7.31. The molecular weight excluding hydrogens is 452 g/mol. The molecule has 4 rings (SSSR count). The van der Waals surface area contributed by atoms with Crippen molar-refractivity contribution >= 4 is 37.1 Å². The average Bonchev–Trinajstić information content (AvgIpc) is 3.29. The first-order valence-electron chi connectivity index (χ1n) is 9.63. The molecule has 0 unspecified atom stereocenters. The van der Waals surface area contributed by atoms with E-state index in [9.17, 15) is 16.8 Å². The Morgan fingerprint density at radius 1 is 0.742 bits per heavy atom. The van der Waals surface area contributed by atoms with Gasteiger partial charge in [0.15, 0.2) is 0 Å². The van der Waals surface area contributed by atoms with Crippen LogP contribution in [0.15, 0.2) is 82.0 Å². The largest absolute Gasteiger partial charge is 0.269 e. The van der Waals surface area contributed by atoms with Gasteiger partial charge in [0.05, 0.1) is 33.5 Å². The fourth-order valence-corrected chi connectivity index (χ4v) is 6.88. The van der Waals surface area contributed by atoms with E-state index in [-0.39, 0.29) is 22.9 Å². The molecule has 0 saturated heterocycles. The van der Waals surface area contributed by atoms with Gasteiger partial charge in [-0.3, -0.25) is 8.61 Å². The number of hydrogen-bond acceptors (Lipinski definition) is 5. The molecule has 0 saturated carbocycles. The zero-order valence-electron chi connectivity index (χ0n) is 17.1. The van der Waals surface area contributed by atoms with Gasteiger partial charge in [0, 0.05) is 6.20 Å². The maximum Gasteiger partial charge on any atom is 0.264 e. The molecule has 0 N–H and O–H groups in total. The lowest BCUT2D eigenvalue weighted by molar-refractivity contribution is 0.422. The van der Waals surface area contributed by atoms with Crippen LogP contribution in [0.2, 0.25) is 0 Å². The second kappa shape index (κ2) is 8.14. The Hall–Kier alpha value is -2.62. The third-order valence-electron chi connectivity index (χ3n) is 5.07. The van der Waals surface area contributed by atoms with E-state index in [4.69, 9.17) is 0 Å². The molecule has 3 aromatic rings. The second-order valence-corrected chi connectivity index (χ2v) is 12.0. The van der Waals surface area contributed by atoms with Crippen LogP contribution in [0, 0.1) is 13.8 Å². The Morgan fingerprint density at radius 2 is 1.29 bits per heavy atom. The van der Waals surface area contributed by atoms with Crippen molar-refractivity contribution in [3.8, 4) is 0 Å². The van der Waals surface area contributed by atoms with Gasteiger partial charge in [-0.1, -0.05) is 41.5 Å². The molecule has 1 aliphatic rings. The number of thiophene rings is 1. The van der Waals surface area contributed by atoms with Crippen molar-refractivity contribution < 1.29 is 16.8 Å². The monoisotopic (exact) mass is 474 g/mol. The van der Waals surface area contributed by atoms with Gasteiger partial charge in [-0.15, -0.1) is 11.3 Å². The van der Waals surface area contributed by atoms with Gasteiger partial charge in [-0.25, -0.2) is 16.8 Å². The van der Waals surface area contributed by atoms with Crippen LogP contribution in [0.1, 0.15) is 16.0 Å². The summed E-state index contributed by atoms with van der Waals surface area (Å²) < 4.78 is 55.7. The van der Waals surface area contributed by atoms with Crippen LogP contribution in [-0.2, 0) is 20.0 Å². The van der Waals surface area contributed by atoms with Crippen molar-refractivity contribution in [3.05, 3.63) is 88.2 Å². The summed E-state index contributed by atoms with van der Waals surface area (Å²) in [6, 6.07) is 16.9. The molecule has 1 aromatic heterocycles. The zero-order chi connectivity index (χ0) is 22.2. The molecule has 6 nitrogen and oxygen atoms in total. The topological polar surface area (TPSA) is 74.8 Å². The van der Waals surface area contributed by atoms with E-state index in [2.05, 4.69) is 0 Å². The number of nitrogens with zero attached hydrogens (tertiary/aromatic N) is 2. The van der Waals surface area contributed by atoms with E-state index in [1.54, 1.807) is 54.6 Å². The Labute approximate surface area is 187 Å². The smallest absolute Gasteiger partial charge is 0.264 e. The number of rotatable bonds is 5. The summed E-state index contributed by atoms with van der Waals surface area (Å²) in [6.45, 7) is 3.82. The highest BCUT2D eigenvalue weighted by atomic mass is 32.2. The van der Waals surface area contributed by atoms with Crippen LogP contribution in [0.25, 0.3) is 5.70 Å². The van der Waals surface area contributed by atoms with Crippen LogP contribution in [0.5, 0.6) is 0 Å². The Kier molecular flexibility index (Phi) is 5.67. The minimum absolute atomic E-state index is 0.0189. The van der Waals surface area contributed by atoms with Crippen molar-refractivity contribution in [1.29, 1.82) is 0 Å². The van der Waals surface area contributed by atoms with Crippen molar-refractivity contribution in [1.82, 2.24) is 8.61 Å². The molecule has 0 fully saturated rings. The Morgan fingerprint density at radius 3 is 1.81 bits per heavy atom. The third-order valence-corrected chi connectivity index (χ3v) is 9.56. The molecule has 162 valence electrons. The highest BCUT2D eigenvalue weighted by Crippen LogP contribution is 2.34. The van der Waals surface area contributed by atoms with Crippen molar-refractivity contribution in [3.63, 3.8) is 0 Å². The van der Waals surface area contributed by atoms with Crippen LogP contribution in [0.3, 0.4) is 0 Å². The standard InChI is InChI=1S/C22H22N2O4S3/c1-17-5-9-19(10-6-17)30(25,26)23-13-14-24(21(16-23)22-4-3-15-29-22)31(27,28)20-11-7-18(2)8-12-20/h3-12,15-16H,13-14H2,1-2H3. The van der Waals surface area contributed by atoms with E-state index in [1.165, 1.54) is 26.1 Å². The van der Waals surface area contributed by atoms with Gasteiger partial charge >= 0.3 is 0 Å². The van der Waals surface area contributed by atoms with Crippen molar-refractivity contribution in [2.45, 2.75) is 23.6 Å². The van der Waals surface area contributed by atoms with Gasteiger partial charge in [0.1, 0.15) is 0 Å². The number of benzene rings is 2. The van der Waals surface area contributed by atoms with Crippen molar-refractivity contribution in [2.75, 3.05) is 13.1 Å². The van der Waals surface area contributed by atoms with E-state index < -0.39 is 20.0 Å².